The van der Waals surface area contributed by atoms with E-state index >= 15 is 0 Å². The number of esters is 1. The number of aryl methyl sites for hydroxylation is 2. The minimum absolute atomic E-state index is 0.0136. The molecule has 0 aliphatic heterocycles. The van der Waals surface area contributed by atoms with Crippen molar-refractivity contribution in [3.05, 3.63) is 53.6 Å². The zero-order valence-corrected chi connectivity index (χ0v) is 16.2. The molecular formula is C18H21NO5S2. The Labute approximate surface area is 157 Å². The zero-order valence-electron chi connectivity index (χ0n) is 14.6. The third-order valence-corrected chi connectivity index (χ3v) is 5.52. The quantitative estimate of drug-likeness (QED) is 0.419. The van der Waals surface area contributed by atoms with Crippen molar-refractivity contribution in [1.29, 1.82) is 0 Å². The monoisotopic (exact) mass is 395 g/mol. The van der Waals surface area contributed by atoms with Crippen molar-refractivity contribution in [3.8, 4) is 5.75 Å². The van der Waals surface area contributed by atoms with Crippen molar-refractivity contribution in [3.63, 3.8) is 0 Å². The van der Waals surface area contributed by atoms with Crippen LogP contribution >= 0.6 is 11.8 Å². The van der Waals surface area contributed by atoms with Gasteiger partial charge in [-0.3, -0.25) is 4.79 Å². The maximum absolute atomic E-state index is 11.8. The topological polar surface area (TPSA) is 95.7 Å². The van der Waals surface area contributed by atoms with E-state index in [1.54, 1.807) is 0 Å². The highest BCUT2D eigenvalue weighted by Crippen LogP contribution is 2.23. The van der Waals surface area contributed by atoms with Gasteiger partial charge in [0.25, 0.3) is 0 Å². The smallest absolute Gasteiger partial charge is 0.316 e. The molecule has 140 valence electrons. The van der Waals surface area contributed by atoms with Crippen molar-refractivity contribution < 1.29 is 22.7 Å². The van der Waals surface area contributed by atoms with Crippen LogP contribution in [0.15, 0.2) is 52.3 Å². The number of benzene rings is 2. The average molecular weight is 396 g/mol. The molecule has 0 atom stereocenters. The van der Waals surface area contributed by atoms with E-state index in [4.69, 9.17) is 14.6 Å². The lowest BCUT2D eigenvalue weighted by molar-refractivity contribution is -0.141. The lowest BCUT2D eigenvalue weighted by Crippen LogP contribution is -2.14. The molecule has 0 saturated heterocycles. The number of rotatable bonds is 8. The van der Waals surface area contributed by atoms with E-state index in [-0.39, 0.29) is 29.8 Å². The van der Waals surface area contributed by atoms with Crippen LogP contribution in [0.4, 0.5) is 0 Å². The number of sulfonamides is 1. The van der Waals surface area contributed by atoms with Gasteiger partial charge in [0.1, 0.15) is 19.0 Å². The molecule has 0 aliphatic rings. The molecule has 6 nitrogen and oxygen atoms in total. The van der Waals surface area contributed by atoms with Gasteiger partial charge in [0.2, 0.25) is 10.0 Å². The Morgan fingerprint density at radius 3 is 2.38 bits per heavy atom. The Morgan fingerprint density at radius 1 is 1.08 bits per heavy atom. The fourth-order valence-electron chi connectivity index (χ4n) is 2.18. The summed E-state index contributed by atoms with van der Waals surface area (Å²) in [7, 11) is -3.72. The van der Waals surface area contributed by atoms with Gasteiger partial charge in [0, 0.05) is 4.90 Å². The van der Waals surface area contributed by atoms with E-state index in [1.165, 1.54) is 41.6 Å². The van der Waals surface area contributed by atoms with E-state index in [0.29, 0.717) is 5.75 Å². The van der Waals surface area contributed by atoms with Gasteiger partial charge < -0.3 is 9.47 Å². The molecule has 0 amide bonds. The third kappa shape index (κ3) is 6.36. The number of primary sulfonamides is 1. The first kappa shape index (κ1) is 20.3. The van der Waals surface area contributed by atoms with Gasteiger partial charge in [-0.05, 0) is 49.7 Å². The van der Waals surface area contributed by atoms with Crippen LogP contribution < -0.4 is 9.88 Å². The van der Waals surface area contributed by atoms with Gasteiger partial charge in [-0.2, -0.15) is 0 Å². The molecule has 0 spiro atoms. The highest BCUT2D eigenvalue weighted by molar-refractivity contribution is 8.00. The van der Waals surface area contributed by atoms with Crippen LogP contribution in [0.1, 0.15) is 11.1 Å². The lowest BCUT2D eigenvalue weighted by Gasteiger charge is -2.09. The molecule has 0 unspecified atom stereocenters. The fourth-order valence-corrected chi connectivity index (χ4v) is 3.50. The first-order chi connectivity index (χ1) is 12.3. The predicted molar refractivity (Wildman–Crippen MR) is 101 cm³/mol. The van der Waals surface area contributed by atoms with E-state index in [2.05, 4.69) is 6.07 Å². The number of hydrogen-bond donors (Lipinski definition) is 1. The number of carbonyl (C=O) groups is 1. The molecule has 0 bridgehead atoms. The summed E-state index contributed by atoms with van der Waals surface area (Å²) in [6.07, 6.45) is 0. The normalized spacial score (nSPS) is 11.2. The fraction of sp³-hybridized carbons (Fsp3) is 0.278. The van der Waals surface area contributed by atoms with Gasteiger partial charge in [0.05, 0.1) is 10.6 Å². The molecule has 0 heterocycles. The molecule has 2 N–H and O–H groups in total. The van der Waals surface area contributed by atoms with Crippen LogP contribution in [-0.2, 0) is 19.6 Å². The Bertz CT molecular complexity index is 864. The Balaban J connectivity index is 1.70. The molecule has 0 saturated carbocycles. The van der Waals surface area contributed by atoms with Crippen LogP contribution in [0.3, 0.4) is 0 Å². The van der Waals surface area contributed by atoms with Crippen molar-refractivity contribution in [1.82, 2.24) is 0 Å². The standard InChI is InChI=1S/C18H21NO5S2/c1-13-3-8-17(14(2)11-13)25-12-18(20)24-10-9-23-15-4-6-16(7-5-15)26(19,21)22/h3-8,11H,9-10,12H2,1-2H3,(H2,19,21,22). The molecule has 26 heavy (non-hydrogen) atoms. The summed E-state index contributed by atoms with van der Waals surface area (Å²) in [5.74, 6) is 0.383. The Morgan fingerprint density at radius 2 is 1.77 bits per heavy atom. The number of thioether (sulfide) groups is 1. The Hall–Kier alpha value is -2.03. The van der Waals surface area contributed by atoms with Crippen LogP contribution in [0.2, 0.25) is 0 Å². The van der Waals surface area contributed by atoms with Gasteiger partial charge >= 0.3 is 5.97 Å². The van der Waals surface area contributed by atoms with E-state index in [0.717, 1.165) is 10.5 Å². The molecule has 2 rings (SSSR count). The van der Waals surface area contributed by atoms with Gasteiger partial charge in [0.15, 0.2) is 0 Å². The molecule has 2 aromatic rings. The van der Waals surface area contributed by atoms with Crippen molar-refractivity contribution in [2.45, 2.75) is 23.6 Å². The molecule has 2 aromatic carbocycles. The highest BCUT2D eigenvalue weighted by Gasteiger charge is 2.08. The van der Waals surface area contributed by atoms with Crippen LogP contribution in [-0.4, -0.2) is 33.4 Å². The molecule has 8 heteroatoms. The van der Waals surface area contributed by atoms with E-state index in [1.807, 2.05) is 26.0 Å². The summed E-state index contributed by atoms with van der Waals surface area (Å²) < 4.78 is 32.8. The lowest BCUT2D eigenvalue weighted by atomic mass is 10.2. The summed E-state index contributed by atoms with van der Waals surface area (Å²) in [6.45, 7) is 4.33. The van der Waals surface area contributed by atoms with E-state index in [9.17, 15) is 13.2 Å². The number of ether oxygens (including phenoxy) is 2. The molecular weight excluding hydrogens is 374 g/mol. The summed E-state index contributed by atoms with van der Waals surface area (Å²) >= 11 is 1.44. The van der Waals surface area contributed by atoms with Crippen LogP contribution in [0.5, 0.6) is 5.75 Å². The zero-order chi connectivity index (χ0) is 19.2. The number of carbonyl (C=O) groups excluding carboxylic acids is 1. The SMILES string of the molecule is Cc1ccc(SCC(=O)OCCOc2ccc(S(N)(=O)=O)cc2)c(C)c1. The molecule has 0 aromatic heterocycles. The van der Waals surface area contributed by atoms with Crippen molar-refractivity contribution in [2.75, 3.05) is 19.0 Å². The minimum atomic E-state index is -3.72. The second-order valence-corrected chi connectivity index (χ2v) is 8.22. The number of nitrogens with two attached hydrogens (primary N) is 1. The van der Waals surface area contributed by atoms with Crippen molar-refractivity contribution >= 4 is 27.8 Å². The van der Waals surface area contributed by atoms with Crippen LogP contribution in [0, 0.1) is 13.8 Å². The summed E-state index contributed by atoms with van der Waals surface area (Å²) in [4.78, 5) is 12.8. The van der Waals surface area contributed by atoms with Crippen LogP contribution in [0.25, 0.3) is 0 Å². The first-order valence-electron chi connectivity index (χ1n) is 7.87. The molecule has 0 fully saturated rings. The van der Waals surface area contributed by atoms with Gasteiger partial charge in [-0.1, -0.05) is 17.7 Å². The highest BCUT2D eigenvalue weighted by atomic mass is 32.2. The second-order valence-electron chi connectivity index (χ2n) is 5.64. The third-order valence-electron chi connectivity index (χ3n) is 3.44. The molecule has 0 aliphatic carbocycles. The summed E-state index contributed by atoms with van der Waals surface area (Å²) in [5.41, 5.74) is 2.32. The second kappa shape index (κ2) is 9.07. The maximum atomic E-state index is 11.8. The first-order valence-corrected chi connectivity index (χ1v) is 10.4. The largest absolute Gasteiger partial charge is 0.490 e. The van der Waals surface area contributed by atoms with Gasteiger partial charge in [-0.15, -0.1) is 11.8 Å². The predicted octanol–water partition coefficient (Wildman–Crippen LogP) is 2.67. The minimum Gasteiger partial charge on any atom is -0.490 e. The summed E-state index contributed by atoms with van der Waals surface area (Å²) in [6, 6.07) is 11.8. The van der Waals surface area contributed by atoms with Gasteiger partial charge in [-0.25, -0.2) is 13.6 Å². The maximum Gasteiger partial charge on any atom is 0.316 e. The number of hydrogen-bond acceptors (Lipinski definition) is 6. The summed E-state index contributed by atoms with van der Waals surface area (Å²) in [5, 5.41) is 5.02. The van der Waals surface area contributed by atoms with Crippen molar-refractivity contribution in [2.24, 2.45) is 5.14 Å². The van der Waals surface area contributed by atoms with E-state index < -0.39 is 10.0 Å². The average Bonchev–Trinajstić information content (AvgIpc) is 2.57. The molecule has 0 radical (unpaired) electrons. The Kier molecular flexibility index (Phi) is 7.07.